The maximum Gasteiger partial charge on any atom is 0.0712 e. The lowest BCUT2D eigenvalue weighted by Crippen LogP contribution is -2.25. The van der Waals surface area contributed by atoms with E-state index in [1.165, 1.54) is 11.1 Å². The Labute approximate surface area is 125 Å². The van der Waals surface area contributed by atoms with Crippen molar-refractivity contribution in [1.29, 1.82) is 0 Å². The van der Waals surface area contributed by atoms with Crippen molar-refractivity contribution in [3.8, 4) is 11.1 Å². The molecule has 20 heavy (non-hydrogen) atoms. The van der Waals surface area contributed by atoms with E-state index in [1.807, 2.05) is 30.1 Å². The molecule has 2 nitrogen and oxygen atoms in total. The van der Waals surface area contributed by atoms with Crippen molar-refractivity contribution in [3.05, 3.63) is 60.2 Å². The van der Waals surface area contributed by atoms with Gasteiger partial charge >= 0.3 is 0 Å². The van der Waals surface area contributed by atoms with Gasteiger partial charge in [0.15, 0.2) is 0 Å². The largest absolute Gasteiger partial charge is 0.395 e. The van der Waals surface area contributed by atoms with Crippen LogP contribution in [-0.2, 0) is 0 Å². The number of aliphatic hydroxyl groups excluding tert-OH is 1. The molecular formula is C17H20ClNO. The van der Waals surface area contributed by atoms with Crippen LogP contribution in [0.1, 0.15) is 10.9 Å². The number of likely N-dealkylation sites (N-methyl/N-ethyl adjacent to an activating group) is 1. The Morgan fingerprint density at radius 3 is 2.20 bits per heavy atom. The van der Waals surface area contributed by atoms with Crippen LogP contribution >= 0.6 is 11.6 Å². The molecule has 0 spiro atoms. The maximum atomic E-state index is 8.90. The molecule has 2 aromatic carbocycles. The SMILES string of the molecule is CN(CCO)CC(Cl)c1ccc(-c2ccccc2)cc1. The number of halogens is 1. The summed E-state index contributed by atoms with van der Waals surface area (Å²) >= 11 is 6.41. The molecule has 1 atom stereocenters. The van der Waals surface area contributed by atoms with Gasteiger partial charge in [-0.25, -0.2) is 0 Å². The van der Waals surface area contributed by atoms with Crippen LogP contribution in [0.4, 0.5) is 0 Å². The van der Waals surface area contributed by atoms with Gasteiger partial charge in [0.2, 0.25) is 0 Å². The number of rotatable bonds is 6. The predicted molar refractivity (Wildman–Crippen MR) is 85.1 cm³/mol. The molecule has 0 radical (unpaired) electrons. The molecule has 0 bridgehead atoms. The molecule has 0 amide bonds. The van der Waals surface area contributed by atoms with Crippen molar-refractivity contribution in [3.63, 3.8) is 0 Å². The van der Waals surface area contributed by atoms with E-state index in [1.54, 1.807) is 0 Å². The van der Waals surface area contributed by atoms with E-state index in [2.05, 4.69) is 36.4 Å². The third-order valence-corrected chi connectivity index (χ3v) is 3.72. The molecule has 1 N–H and O–H groups in total. The smallest absolute Gasteiger partial charge is 0.0712 e. The van der Waals surface area contributed by atoms with Crippen LogP contribution in [0.25, 0.3) is 11.1 Å². The fourth-order valence-corrected chi connectivity index (χ4v) is 2.54. The van der Waals surface area contributed by atoms with Gasteiger partial charge in [0.05, 0.1) is 12.0 Å². The van der Waals surface area contributed by atoms with Crippen LogP contribution in [0.2, 0.25) is 0 Å². The highest BCUT2D eigenvalue weighted by molar-refractivity contribution is 6.21. The topological polar surface area (TPSA) is 23.5 Å². The van der Waals surface area contributed by atoms with E-state index in [-0.39, 0.29) is 12.0 Å². The van der Waals surface area contributed by atoms with E-state index >= 15 is 0 Å². The number of benzene rings is 2. The fraction of sp³-hybridized carbons (Fsp3) is 0.294. The molecule has 0 saturated carbocycles. The quantitative estimate of drug-likeness (QED) is 0.822. The molecule has 0 fully saturated rings. The molecule has 0 aliphatic rings. The molecule has 0 aliphatic heterocycles. The lowest BCUT2D eigenvalue weighted by molar-refractivity contribution is 0.221. The first-order valence-corrected chi connectivity index (χ1v) is 7.23. The molecular weight excluding hydrogens is 270 g/mol. The normalized spacial score (nSPS) is 12.6. The molecule has 0 saturated heterocycles. The molecule has 2 rings (SSSR count). The van der Waals surface area contributed by atoms with Gasteiger partial charge < -0.3 is 10.0 Å². The number of nitrogens with zero attached hydrogens (tertiary/aromatic N) is 1. The summed E-state index contributed by atoms with van der Waals surface area (Å²) in [6.45, 7) is 1.53. The third kappa shape index (κ3) is 4.07. The first-order chi connectivity index (χ1) is 9.70. The van der Waals surface area contributed by atoms with Crippen LogP contribution in [-0.4, -0.2) is 36.8 Å². The molecule has 0 aliphatic carbocycles. The molecule has 0 heterocycles. The molecule has 0 aromatic heterocycles. The van der Waals surface area contributed by atoms with Crippen molar-refractivity contribution >= 4 is 11.6 Å². The number of alkyl halides is 1. The minimum atomic E-state index is -0.0589. The summed E-state index contributed by atoms with van der Waals surface area (Å²) in [7, 11) is 1.96. The number of aliphatic hydroxyl groups is 1. The Morgan fingerprint density at radius 2 is 1.60 bits per heavy atom. The highest BCUT2D eigenvalue weighted by atomic mass is 35.5. The van der Waals surface area contributed by atoms with Crippen molar-refractivity contribution in [2.45, 2.75) is 5.38 Å². The Bertz CT molecular complexity index is 512. The fourth-order valence-electron chi connectivity index (χ4n) is 2.16. The average Bonchev–Trinajstić information content (AvgIpc) is 2.48. The minimum Gasteiger partial charge on any atom is -0.395 e. The van der Waals surface area contributed by atoms with Crippen LogP contribution < -0.4 is 0 Å². The van der Waals surface area contributed by atoms with Crippen LogP contribution in [0.15, 0.2) is 54.6 Å². The highest BCUT2D eigenvalue weighted by Crippen LogP contribution is 2.25. The van der Waals surface area contributed by atoms with E-state index < -0.39 is 0 Å². The molecule has 3 heteroatoms. The van der Waals surface area contributed by atoms with Gasteiger partial charge in [0.1, 0.15) is 0 Å². The standard InChI is InChI=1S/C17H20ClNO/c1-19(11-12-20)13-17(18)16-9-7-15(8-10-16)14-5-3-2-4-6-14/h2-10,17,20H,11-13H2,1H3. The lowest BCUT2D eigenvalue weighted by Gasteiger charge is -2.19. The Hall–Kier alpha value is -1.35. The second-order valence-corrected chi connectivity index (χ2v) is 5.47. The summed E-state index contributed by atoms with van der Waals surface area (Å²) < 4.78 is 0. The summed E-state index contributed by atoms with van der Waals surface area (Å²) in [5.74, 6) is 0. The van der Waals surface area contributed by atoms with E-state index in [9.17, 15) is 0 Å². The monoisotopic (exact) mass is 289 g/mol. The van der Waals surface area contributed by atoms with E-state index in [0.717, 1.165) is 12.1 Å². The number of hydrogen-bond acceptors (Lipinski definition) is 2. The van der Waals surface area contributed by atoms with Gasteiger partial charge in [-0.3, -0.25) is 0 Å². The molecule has 106 valence electrons. The number of hydrogen-bond donors (Lipinski definition) is 1. The van der Waals surface area contributed by atoms with Crippen molar-refractivity contribution in [1.82, 2.24) is 4.90 Å². The zero-order chi connectivity index (χ0) is 14.4. The predicted octanol–water partition coefficient (Wildman–Crippen LogP) is 3.56. The molecule has 2 aromatic rings. The van der Waals surface area contributed by atoms with Crippen LogP contribution in [0.5, 0.6) is 0 Å². The summed E-state index contributed by atoms with van der Waals surface area (Å²) in [6, 6.07) is 18.7. The molecule has 1 unspecified atom stereocenters. The van der Waals surface area contributed by atoms with Crippen LogP contribution in [0.3, 0.4) is 0 Å². The first kappa shape index (κ1) is 15.0. The van der Waals surface area contributed by atoms with E-state index in [4.69, 9.17) is 16.7 Å². The minimum absolute atomic E-state index is 0.0589. The van der Waals surface area contributed by atoms with E-state index in [0.29, 0.717) is 6.54 Å². The van der Waals surface area contributed by atoms with Crippen molar-refractivity contribution in [2.75, 3.05) is 26.7 Å². The van der Waals surface area contributed by atoms with Crippen molar-refractivity contribution < 1.29 is 5.11 Å². The second kappa shape index (κ2) is 7.44. The zero-order valence-corrected chi connectivity index (χ0v) is 12.4. The second-order valence-electron chi connectivity index (χ2n) is 4.94. The third-order valence-electron chi connectivity index (χ3n) is 3.33. The Kier molecular flexibility index (Phi) is 5.60. The highest BCUT2D eigenvalue weighted by Gasteiger charge is 2.10. The van der Waals surface area contributed by atoms with Gasteiger partial charge in [-0.1, -0.05) is 54.6 Å². The summed E-state index contributed by atoms with van der Waals surface area (Å²) in [4.78, 5) is 2.03. The van der Waals surface area contributed by atoms with Gasteiger partial charge in [-0.05, 0) is 23.7 Å². The summed E-state index contributed by atoms with van der Waals surface area (Å²) in [5.41, 5.74) is 3.51. The van der Waals surface area contributed by atoms with Gasteiger partial charge in [0, 0.05) is 13.1 Å². The first-order valence-electron chi connectivity index (χ1n) is 6.79. The summed E-state index contributed by atoms with van der Waals surface area (Å²) in [6.07, 6.45) is 0. The maximum absolute atomic E-state index is 8.90. The van der Waals surface area contributed by atoms with Gasteiger partial charge in [0.25, 0.3) is 0 Å². The van der Waals surface area contributed by atoms with Gasteiger partial charge in [-0.2, -0.15) is 0 Å². The zero-order valence-electron chi connectivity index (χ0n) is 11.7. The average molecular weight is 290 g/mol. The Balaban J connectivity index is 2.04. The van der Waals surface area contributed by atoms with Gasteiger partial charge in [-0.15, -0.1) is 11.6 Å². The lowest BCUT2D eigenvalue weighted by atomic mass is 10.0. The van der Waals surface area contributed by atoms with Crippen LogP contribution in [0, 0.1) is 0 Å². The summed E-state index contributed by atoms with van der Waals surface area (Å²) in [5, 5.41) is 8.84. The Morgan fingerprint density at radius 1 is 1.00 bits per heavy atom. The van der Waals surface area contributed by atoms with Crippen molar-refractivity contribution in [2.24, 2.45) is 0 Å².